The first-order valence-electron chi connectivity index (χ1n) is 5.72. The lowest BCUT2D eigenvalue weighted by Crippen LogP contribution is -2.01. The number of halogens is 1. The van der Waals surface area contributed by atoms with Crippen molar-refractivity contribution < 1.29 is 4.74 Å². The largest absolute Gasteiger partial charge is 0.497 e. The first-order chi connectivity index (χ1) is 8.70. The molecular formula is C12H12ClN3OS. The molecule has 1 aromatic carbocycles. The van der Waals surface area contributed by atoms with Gasteiger partial charge in [-0.05, 0) is 37.2 Å². The van der Waals surface area contributed by atoms with E-state index in [0.29, 0.717) is 15.7 Å². The normalized spacial score (nSPS) is 14.8. The number of hydrogen-bond acceptors (Lipinski definition) is 3. The van der Waals surface area contributed by atoms with Gasteiger partial charge in [0.15, 0.2) is 4.77 Å². The van der Waals surface area contributed by atoms with Gasteiger partial charge >= 0.3 is 0 Å². The van der Waals surface area contributed by atoms with Crippen LogP contribution in [-0.2, 0) is 0 Å². The smallest absolute Gasteiger partial charge is 0.199 e. The zero-order chi connectivity index (χ0) is 12.7. The molecule has 18 heavy (non-hydrogen) atoms. The van der Waals surface area contributed by atoms with Crippen LogP contribution in [0, 0.1) is 4.77 Å². The Morgan fingerprint density at radius 2 is 2.28 bits per heavy atom. The molecule has 0 saturated heterocycles. The monoisotopic (exact) mass is 281 g/mol. The molecule has 0 atom stereocenters. The van der Waals surface area contributed by atoms with E-state index in [-0.39, 0.29) is 0 Å². The van der Waals surface area contributed by atoms with Gasteiger partial charge in [0.1, 0.15) is 11.6 Å². The van der Waals surface area contributed by atoms with Crippen molar-refractivity contribution in [3.05, 3.63) is 33.8 Å². The minimum absolute atomic E-state index is 0.486. The fourth-order valence-electron chi connectivity index (χ4n) is 1.95. The van der Waals surface area contributed by atoms with E-state index in [4.69, 9.17) is 28.6 Å². The number of ether oxygens (including phenoxy) is 1. The minimum atomic E-state index is 0.486. The molecule has 3 rings (SSSR count). The molecule has 0 radical (unpaired) electrons. The average Bonchev–Trinajstić information content (AvgIpc) is 3.14. The zero-order valence-corrected chi connectivity index (χ0v) is 11.4. The predicted molar refractivity (Wildman–Crippen MR) is 72.3 cm³/mol. The summed E-state index contributed by atoms with van der Waals surface area (Å²) in [7, 11) is 1.63. The van der Waals surface area contributed by atoms with Gasteiger partial charge in [-0.2, -0.15) is 5.10 Å². The van der Waals surface area contributed by atoms with Gasteiger partial charge < -0.3 is 4.74 Å². The number of methoxy groups -OCH3 is 1. The Morgan fingerprint density at radius 3 is 2.94 bits per heavy atom. The maximum atomic E-state index is 6.25. The molecular weight excluding hydrogens is 270 g/mol. The van der Waals surface area contributed by atoms with E-state index in [1.165, 1.54) is 0 Å². The average molecular weight is 282 g/mol. The van der Waals surface area contributed by atoms with Gasteiger partial charge in [-0.3, -0.25) is 9.67 Å². The van der Waals surface area contributed by atoms with E-state index in [0.717, 1.165) is 30.1 Å². The number of aromatic amines is 1. The molecule has 94 valence electrons. The van der Waals surface area contributed by atoms with Crippen molar-refractivity contribution in [3.63, 3.8) is 0 Å². The van der Waals surface area contributed by atoms with E-state index in [1.807, 2.05) is 16.7 Å². The second-order valence-corrected chi connectivity index (χ2v) is 5.11. The molecule has 0 spiro atoms. The Morgan fingerprint density at radius 1 is 1.50 bits per heavy atom. The molecule has 1 fully saturated rings. The van der Waals surface area contributed by atoms with Crippen molar-refractivity contribution >= 4 is 23.8 Å². The highest BCUT2D eigenvalue weighted by Gasteiger charge is 2.30. The summed E-state index contributed by atoms with van der Waals surface area (Å²) >= 11 is 11.5. The van der Waals surface area contributed by atoms with Crippen molar-refractivity contribution in [3.8, 4) is 11.4 Å². The highest BCUT2D eigenvalue weighted by Crippen LogP contribution is 2.40. The molecule has 1 aliphatic carbocycles. The number of hydrogen-bond donors (Lipinski definition) is 1. The van der Waals surface area contributed by atoms with E-state index in [1.54, 1.807) is 13.2 Å². The number of H-pyrrole nitrogens is 1. The van der Waals surface area contributed by atoms with Crippen molar-refractivity contribution in [2.75, 3.05) is 7.11 Å². The Balaban J connectivity index is 2.19. The number of benzene rings is 1. The fourth-order valence-corrected chi connectivity index (χ4v) is 2.39. The van der Waals surface area contributed by atoms with E-state index in [2.05, 4.69) is 10.2 Å². The maximum absolute atomic E-state index is 6.25. The maximum Gasteiger partial charge on any atom is 0.199 e. The molecule has 1 aromatic heterocycles. The van der Waals surface area contributed by atoms with Crippen molar-refractivity contribution in [2.45, 2.75) is 18.8 Å². The Hall–Kier alpha value is -1.33. The second kappa shape index (κ2) is 4.40. The van der Waals surface area contributed by atoms with Gasteiger partial charge in [0.25, 0.3) is 0 Å². The zero-order valence-electron chi connectivity index (χ0n) is 9.81. The number of nitrogens with zero attached hydrogens (tertiary/aromatic N) is 2. The highest BCUT2D eigenvalue weighted by molar-refractivity contribution is 7.71. The first-order valence-corrected chi connectivity index (χ1v) is 6.50. The second-order valence-electron chi connectivity index (χ2n) is 4.31. The van der Waals surface area contributed by atoms with Crippen molar-refractivity contribution in [1.82, 2.24) is 14.8 Å². The van der Waals surface area contributed by atoms with Gasteiger partial charge in [0.2, 0.25) is 0 Å². The highest BCUT2D eigenvalue weighted by atomic mass is 35.5. The molecule has 0 aliphatic heterocycles. The van der Waals surface area contributed by atoms with Crippen LogP contribution >= 0.6 is 23.8 Å². The number of nitrogens with one attached hydrogen (secondary N) is 1. The molecule has 4 nitrogen and oxygen atoms in total. The third-order valence-corrected chi connectivity index (χ3v) is 3.63. The van der Waals surface area contributed by atoms with Gasteiger partial charge in [-0.15, -0.1) is 0 Å². The Labute approximate surface area is 115 Å². The van der Waals surface area contributed by atoms with Crippen molar-refractivity contribution in [2.24, 2.45) is 0 Å². The van der Waals surface area contributed by atoms with Crippen LogP contribution < -0.4 is 4.74 Å². The molecule has 0 unspecified atom stereocenters. The van der Waals surface area contributed by atoms with Crippen LogP contribution in [0.2, 0.25) is 5.02 Å². The van der Waals surface area contributed by atoms with Crippen LogP contribution in [0.1, 0.15) is 24.6 Å². The molecule has 1 saturated carbocycles. The minimum Gasteiger partial charge on any atom is -0.497 e. The van der Waals surface area contributed by atoms with E-state index >= 15 is 0 Å². The topological polar surface area (TPSA) is 42.8 Å². The van der Waals surface area contributed by atoms with Crippen LogP contribution in [0.25, 0.3) is 5.69 Å². The molecule has 1 heterocycles. The van der Waals surface area contributed by atoms with E-state index in [9.17, 15) is 0 Å². The SMILES string of the molecule is COc1ccc(Cl)c(-n2c(C3CC3)n[nH]c2=S)c1. The lowest BCUT2D eigenvalue weighted by molar-refractivity contribution is 0.414. The van der Waals surface area contributed by atoms with Gasteiger partial charge in [0, 0.05) is 12.0 Å². The first kappa shape index (κ1) is 11.7. The molecule has 0 amide bonds. The quantitative estimate of drug-likeness (QED) is 0.876. The summed E-state index contributed by atoms with van der Waals surface area (Å²) < 4.78 is 7.69. The van der Waals surface area contributed by atoms with Crippen LogP contribution in [0.5, 0.6) is 5.75 Å². The van der Waals surface area contributed by atoms with Crippen LogP contribution in [0.4, 0.5) is 0 Å². The summed E-state index contributed by atoms with van der Waals surface area (Å²) in [6.45, 7) is 0. The van der Waals surface area contributed by atoms with Gasteiger partial charge in [-0.1, -0.05) is 11.6 Å². The molecule has 1 N–H and O–H groups in total. The molecule has 0 bridgehead atoms. The molecule has 2 aromatic rings. The van der Waals surface area contributed by atoms with Gasteiger partial charge in [-0.25, -0.2) is 0 Å². The summed E-state index contributed by atoms with van der Waals surface area (Å²) in [6, 6.07) is 5.51. The number of rotatable bonds is 3. The van der Waals surface area contributed by atoms with Crippen LogP contribution in [0.15, 0.2) is 18.2 Å². The Kier molecular flexibility index (Phi) is 2.87. The van der Waals surface area contributed by atoms with Gasteiger partial charge in [0.05, 0.1) is 17.8 Å². The third kappa shape index (κ3) is 1.93. The standard InChI is InChI=1S/C12H12ClN3OS/c1-17-8-4-5-9(13)10(6-8)16-11(7-2-3-7)14-15-12(16)18/h4-7H,2-3H2,1H3,(H,15,18). The lowest BCUT2D eigenvalue weighted by Gasteiger charge is -2.10. The van der Waals surface area contributed by atoms with Crippen molar-refractivity contribution in [1.29, 1.82) is 0 Å². The summed E-state index contributed by atoms with van der Waals surface area (Å²) in [5.74, 6) is 2.19. The summed E-state index contributed by atoms with van der Waals surface area (Å²) in [4.78, 5) is 0. The number of aromatic nitrogens is 3. The summed E-state index contributed by atoms with van der Waals surface area (Å²) in [6.07, 6.45) is 2.31. The van der Waals surface area contributed by atoms with Crippen LogP contribution in [-0.4, -0.2) is 21.9 Å². The fraction of sp³-hybridized carbons (Fsp3) is 0.333. The Bertz CT molecular complexity index is 645. The van der Waals surface area contributed by atoms with E-state index < -0.39 is 0 Å². The molecule has 1 aliphatic rings. The summed E-state index contributed by atoms with van der Waals surface area (Å²) in [5, 5.41) is 7.77. The third-order valence-electron chi connectivity index (χ3n) is 3.03. The summed E-state index contributed by atoms with van der Waals surface area (Å²) in [5.41, 5.74) is 0.816. The predicted octanol–water partition coefficient (Wildman–Crippen LogP) is 3.47. The van der Waals surface area contributed by atoms with Crippen LogP contribution in [0.3, 0.4) is 0 Å². The lowest BCUT2D eigenvalue weighted by atomic mass is 10.2. The molecule has 6 heteroatoms.